The van der Waals surface area contributed by atoms with Crippen molar-refractivity contribution in [3.05, 3.63) is 35.4 Å². The number of nitrogens with zero attached hydrogens (tertiary/aromatic N) is 1. The molecule has 1 saturated carbocycles. The summed E-state index contributed by atoms with van der Waals surface area (Å²) < 4.78 is 0. The summed E-state index contributed by atoms with van der Waals surface area (Å²) in [5, 5.41) is 3.68. The van der Waals surface area contributed by atoms with E-state index in [1.165, 1.54) is 64.6 Å². The lowest BCUT2D eigenvalue weighted by atomic mass is 9.78. The highest BCUT2D eigenvalue weighted by Crippen LogP contribution is 2.44. The zero-order valence-corrected chi connectivity index (χ0v) is 12.4. The second-order valence-corrected chi connectivity index (χ2v) is 6.91. The Morgan fingerprint density at radius 2 is 1.95 bits per heavy atom. The molecule has 1 aromatic rings. The van der Waals surface area contributed by atoms with Gasteiger partial charge in [-0.15, -0.1) is 0 Å². The molecular formula is C18H26N2. The molecule has 1 heterocycles. The fourth-order valence-electron chi connectivity index (χ4n) is 4.88. The van der Waals surface area contributed by atoms with Crippen molar-refractivity contribution in [3.8, 4) is 0 Å². The average molecular weight is 270 g/mol. The third-order valence-corrected chi connectivity index (χ3v) is 5.85. The van der Waals surface area contributed by atoms with Gasteiger partial charge < -0.3 is 5.32 Å². The van der Waals surface area contributed by atoms with Crippen molar-refractivity contribution < 1.29 is 0 Å². The van der Waals surface area contributed by atoms with Gasteiger partial charge in [0.2, 0.25) is 0 Å². The van der Waals surface area contributed by atoms with Crippen molar-refractivity contribution in [2.45, 2.75) is 56.5 Å². The van der Waals surface area contributed by atoms with Crippen molar-refractivity contribution in [3.63, 3.8) is 0 Å². The minimum absolute atomic E-state index is 0.457. The molecule has 0 radical (unpaired) electrons. The van der Waals surface area contributed by atoms with E-state index in [2.05, 4.69) is 34.5 Å². The van der Waals surface area contributed by atoms with E-state index in [1.54, 1.807) is 11.1 Å². The first kappa shape index (κ1) is 12.8. The largest absolute Gasteiger partial charge is 0.314 e. The lowest BCUT2D eigenvalue weighted by Crippen LogP contribution is -2.62. The lowest BCUT2D eigenvalue weighted by Gasteiger charge is -2.52. The molecular weight excluding hydrogens is 244 g/mol. The van der Waals surface area contributed by atoms with Gasteiger partial charge in [-0.3, -0.25) is 4.90 Å². The summed E-state index contributed by atoms with van der Waals surface area (Å²) in [6.07, 6.45) is 9.70. The van der Waals surface area contributed by atoms with Gasteiger partial charge in [0.25, 0.3) is 0 Å². The average Bonchev–Trinajstić information content (AvgIpc) is 2.92. The van der Waals surface area contributed by atoms with Crippen molar-refractivity contribution in [1.82, 2.24) is 10.2 Å². The van der Waals surface area contributed by atoms with Crippen LogP contribution in [0.25, 0.3) is 0 Å². The van der Waals surface area contributed by atoms with E-state index in [0.29, 0.717) is 11.6 Å². The van der Waals surface area contributed by atoms with Crippen molar-refractivity contribution in [1.29, 1.82) is 0 Å². The van der Waals surface area contributed by atoms with Gasteiger partial charge in [-0.25, -0.2) is 0 Å². The molecule has 1 N–H and O–H groups in total. The summed E-state index contributed by atoms with van der Waals surface area (Å²) in [6, 6.07) is 9.84. The first-order valence-electron chi connectivity index (χ1n) is 8.44. The second kappa shape index (κ2) is 5.16. The fourth-order valence-corrected chi connectivity index (χ4v) is 4.88. The maximum Gasteiger partial charge on any atom is 0.0360 e. The SMILES string of the molecule is c1ccc2c(c1)CCC2N1CCNCC12CCCCC2. The number of benzene rings is 1. The van der Waals surface area contributed by atoms with Crippen LogP contribution in [0, 0.1) is 0 Å². The molecule has 4 rings (SSSR count). The monoisotopic (exact) mass is 270 g/mol. The van der Waals surface area contributed by atoms with Gasteiger partial charge in [0, 0.05) is 31.2 Å². The number of fused-ring (bicyclic) bond motifs is 1. The summed E-state index contributed by atoms with van der Waals surface area (Å²) in [5.41, 5.74) is 3.68. The Morgan fingerprint density at radius 3 is 2.85 bits per heavy atom. The van der Waals surface area contributed by atoms with Crippen LogP contribution in [0.2, 0.25) is 0 Å². The van der Waals surface area contributed by atoms with Crippen LogP contribution in [0.3, 0.4) is 0 Å². The number of hydrogen-bond donors (Lipinski definition) is 1. The van der Waals surface area contributed by atoms with Crippen LogP contribution in [0.4, 0.5) is 0 Å². The Kier molecular flexibility index (Phi) is 3.31. The quantitative estimate of drug-likeness (QED) is 0.842. The van der Waals surface area contributed by atoms with Crippen molar-refractivity contribution in [2.75, 3.05) is 19.6 Å². The molecule has 1 unspecified atom stereocenters. The topological polar surface area (TPSA) is 15.3 Å². The van der Waals surface area contributed by atoms with Gasteiger partial charge >= 0.3 is 0 Å². The van der Waals surface area contributed by atoms with Crippen molar-refractivity contribution in [2.24, 2.45) is 0 Å². The third-order valence-electron chi connectivity index (χ3n) is 5.85. The lowest BCUT2D eigenvalue weighted by molar-refractivity contribution is -0.00795. The Balaban J connectivity index is 1.66. The van der Waals surface area contributed by atoms with E-state index in [1.807, 2.05) is 0 Å². The van der Waals surface area contributed by atoms with Gasteiger partial charge in [0.1, 0.15) is 0 Å². The summed E-state index contributed by atoms with van der Waals surface area (Å²) in [4.78, 5) is 2.90. The molecule has 2 fully saturated rings. The molecule has 1 saturated heterocycles. The van der Waals surface area contributed by atoms with Gasteiger partial charge in [0.15, 0.2) is 0 Å². The number of aryl methyl sites for hydroxylation is 1. The molecule has 2 nitrogen and oxygen atoms in total. The van der Waals surface area contributed by atoms with Gasteiger partial charge in [0.05, 0.1) is 0 Å². The van der Waals surface area contributed by atoms with Crippen LogP contribution in [0.5, 0.6) is 0 Å². The molecule has 0 aromatic heterocycles. The molecule has 2 aliphatic carbocycles. The first-order valence-corrected chi connectivity index (χ1v) is 8.44. The van der Waals surface area contributed by atoms with Gasteiger partial charge in [-0.05, 0) is 36.8 Å². The highest BCUT2D eigenvalue weighted by atomic mass is 15.3. The van der Waals surface area contributed by atoms with Crippen LogP contribution in [0.1, 0.15) is 55.7 Å². The Labute approximate surface area is 122 Å². The molecule has 1 aromatic carbocycles. The highest BCUT2D eigenvalue weighted by Gasteiger charge is 2.44. The maximum absolute atomic E-state index is 3.68. The Hall–Kier alpha value is -0.860. The standard InChI is InChI=1S/C18H26N2/c1-4-10-18(11-5-1)14-19-12-13-20(18)17-9-8-15-6-2-3-7-16(15)17/h2-3,6-7,17,19H,1,4-5,8-14H2. The predicted molar refractivity (Wildman–Crippen MR) is 82.9 cm³/mol. The zero-order chi connectivity index (χ0) is 13.4. The van der Waals surface area contributed by atoms with Crippen LogP contribution in [-0.2, 0) is 6.42 Å². The van der Waals surface area contributed by atoms with Crippen LogP contribution in [-0.4, -0.2) is 30.1 Å². The molecule has 0 amide bonds. The maximum atomic E-state index is 3.68. The van der Waals surface area contributed by atoms with Crippen LogP contribution >= 0.6 is 0 Å². The number of piperazine rings is 1. The summed E-state index contributed by atoms with van der Waals surface area (Å²) >= 11 is 0. The summed E-state index contributed by atoms with van der Waals surface area (Å²) in [6.45, 7) is 3.62. The minimum Gasteiger partial charge on any atom is -0.314 e. The number of hydrogen-bond acceptors (Lipinski definition) is 2. The molecule has 2 heteroatoms. The van der Waals surface area contributed by atoms with E-state index >= 15 is 0 Å². The van der Waals surface area contributed by atoms with Gasteiger partial charge in [-0.2, -0.15) is 0 Å². The van der Waals surface area contributed by atoms with E-state index in [-0.39, 0.29) is 0 Å². The molecule has 0 bridgehead atoms. The predicted octanol–water partition coefficient (Wildman–Crippen LogP) is 3.28. The molecule has 1 spiro atoms. The number of nitrogens with one attached hydrogen (secondary N) is 1. The molecule has 3 aliphatic rings. The second-order valence-electron chi connectivity index (χ2n) is 6.91. The molecule has 1 aliphatic heterocycles. The zero-order valence-electron chi connectivity index (χ0n) is 12.4. The fraction of sp³-hybridized carbons (Fsp3) is 0.667. The molecule has 20 heavy (non-hydrogen) atoms. The van der Waals surface area contributed by atoms with E-state index in [9.17, 15) is 0 Å². The van der Waals surface area contributed by atoms with E-state index < -0.39 is 0 Å². The summed E-state index contributed by atoms with van der Waals surface area (Å²) in [7, 11) is 0. The Morgan fingerprint density at radius 1 is 1.10 bits per heavy atom. The highest BCUT2D eigenvalue weighted by molar-refractivity contribution is 5.35. The van der Waals surface area contributed by atoms with Gasteiger partial charge in [-0.1, -0.05) is 43.5 Å². The van der Waals surface area contributed by atoms with Crippen LogP contribution in [0.15, 0.2) is 24.3 Å². The minimum atomic E-state index is 0.457. The van der Waals surface area contributed by atoms with E-state index in [0.717, 1.165) is 0 Å². The summed E-state index contributed by atoms with van der Waals surface area (Å²) in [5.74, 6) is 0. The number of rotatable bonds is 1. The normalized spacial score (nSPS) is 29.5. The molecule has 1 atom stereocenters. The first-order chi connectivity index (χ1) is 9.89. The third kappa shape index (κ3) is 2.01. The smallest absolute Gasteiger partial charge is 0.0360 e. The Bertz CT molecular complexity index is 468. The van der Waals surface area contributed by atoms with Crippen LogP contribution < -0.4 is 5.32 Å². The van der Waals surface area contributed by atoms with E-state index in [4.69, 9.17) is 0 Å². The van der Waals surface area contributed by atoms with Crippen molar-refractivity contribution >= 4 is 0 Å². The molecule has 108 valence electrons.